The molecule has 3 heterocycles. The summed E-state index contributed by atoms with van der Waals surface area (Å²) in [6.45, 7) is -0.365. The van der Waals surface area contributed by atoms with Crippen LogP contribution in [-0.2, 0) is 0 Å². The Kier molecular flexibility index (Phi) is 3.02. The minimum Gasteiger partial charge on any atom is -0.368 e. The van der Waals surface area contributed by atoms with Crippen molar-refractivity contribution >= 4 is 11.6 Å². The van der Waals surface area contributed by atoms with Crippen LogP contribution in [0.2, 0.25) is 0 Å². The third-order valence-electron chi connectivity index (χ3n) is 3.86. The fraction of sp³-hybridized carbons (Fsp3) is 0.267. The summed E-state index contributed by atoms with van der Waals surface area (Å²) in [7, 11) is 0. The number of nitrogen functional groups attached to an aromatic ring is 1. The molecule has 6 nitrogen and oxygen atoms in total. The highest BCUT2D eigenvalue weighted by atomic mass is 19.3. The maximum absolute atomic E-state index is 13.3. The van der Waals surface area contributed by atoms with Crippen LogP contribution >= 0.6 is 0 Å². The molecular formula is C15H14F2N6. The Morgan fingerprint density at radius 1 is 1.22 bits per heavy atom. The molecule has 118 valence electrons. The fourth-order valence-electron chi connectivity index (χ4n) is 2.73. The molecule has 0 saturated carbocycles. The summed E-state index contributed by atoms with van der Waals surface area (Å²) >= 11 is 0. The van der Waals surface area contributed by atoms with Crippen molar-refractivity contribution in [3.05, 3.63) is 42.2 Å². The van der Waals surface area contributed by atoms with E-state index in [1.54, 1.807) is 6.07 Å². The van der Waals surface area contributed by atoms with Gasteiger partial charge in [0.1, 0.15) is 0 Å². The van der Waals surface area contributed by atoms with Gasteiger partial charge in [0.05, 0.1) is 18.3 Å². The fourth-order valence-corrected chi connectivity index (χ4v) is 2.73. The van der Waals surface area contributed by atoms with Gasteiger partial charge >= 0.3 is 0 Å². The average molecular weight is 316 g/mol. The molecular weight excluding hydrogens is 302 g/mol. The molecule has 0 amide bonds. The summed E-state index contributed by atoms with van der Waals surface area (Å²) in [4.78, 5) is 8.65. The van der Waals surface area contributed by atoms with Gasteiger partial charge in [-0.05, 0) is 0 Å². The topological polar surface area (TPSA) is 81.1 Å². The molecule has 1 unspecified atom stereocenters. The van der Waals surface area contributed by atoms with E-state index in [-0.39, 0.29) is 18.9 Å². The number of hydrogen-bond donors (Lipinski definition) is 2. The first-order valence-electron chi connectivity index (χ1n) is 7.22. The number of alkyl halides is 2. The monoisotopic (exact) mass is 316 g/mol. The Labute approximate surface area is 130 Å². The van der Waals surface area contributed by atoms with Gasteiger partial charge in [0.2, 0.25) is 5.95 Å². The van der Waals surface area contributed by atoms with E-state index in [9.17, 15) is 8.78 Å². The molecule has 0 bridgehead atoms. The Morgan fingerprint density at radius 2 is 2.00 bits per heavy atom. The van der Waals surface area contributed by atoms with Gasteiger partial charge in [-0.3, -0.25) is 0 Å². The summed E-state index contributed by atoms with van der Waals surface area (Å²) in [5.41, 5.74) is 8.00. The second-order valence-electron chi connectivity index (χ2n) is 5.60. The Morgan fingerprint density at radius 3 is 2.70 bits per heavy atom. The molecule has 1 aliphatic heterocycles. The average Bonchev–Trinajstić information content (AvgIpc) is 3.11. The number of nitrogens with two attached hydrogens (primary N) is 1. The zero-order valence-corrected chi connectivity index (χ0v) is 12.1. The predicted octanol–water partition coefficient (Wildman–Crippen LogP) is 2.04. The molecule has 0 radical (unpaired) electrons. The maximum atomic E-state index is 13.3. The first-order chi connectivity index (χ1) is 11.0. The van der Waals surface area contributed by atoms with E-state index in [1.165, 1.54) is 4.52 Å². The number of nitrogens with one attached hydrogen (secondary N) is 1. The number of aromatic nitrogens is 4. The van der Waals surface area contributed by atoms with E-state index in [0.717, 1.165) is 5.56 Å². The molecule has 23 heavy (non-hydrogen) atoms. The summed E-state index contributed by atoms with van der Waals surface area (Å²) in [5.74, 6) is -2.26. The summed E-state index contributed by atoms with van der Waals surface area (Å²) in [6, 6.07) is 10.7. The van der Waals surface area contributed by atoms with E-state index in [0.29, 0.717) is 17.2 Å². The highest BCUT2D eigenvalue weighted by molar-refractivity contribution is 5.65. The van der Waals surface area contributed by atoms with Crippen LogP contribution in [-0.4, -0.2) is 32.0 Å². The van der Waals surface area contributed by atoms with E-state index in [2.05, 4.69) is 20.4 Å². The second kappa shape index (κ2) is 4.95. The second-order valence-corrected chi connectivity index (χ2v) is 5.60. The molecule has 8 heteroatoms. The molecule has 3 aromatic rings. The van der Waals surface area contributed by atoms with Gasteiger partial charge in [-0.25, -0.2) is 18.7 Å². The van der Waals surface area contributed by atoms with Crippen molar-refractivity contribution in [1.29, 1.82) is 0 Å². The summed E-state index contributed by atoms with van der Waals surface area (Å²) in [6.07, 6.45) is -0.317. The van der Waals surface area contributed by atoms with Gasteiger partial charge in [0, 0.05) is 18.1 Å². The molecule has 4 rings (SSSR count). The molecule has 0 aliphatic carbocycles. The molecule has 1 atom stereocenters. The van der Waals surface area contributed by atoms with E-state index in [4.69, 9.17) is 5.73 Å². The van der Waals surface area contributed by atoms with Crippen LogP contribution in [0.3, 0.4) is 0 Å². The van der Waals surface area contributed by atoms with Crippen molar-refractivity contribution in [3.8, 4) is 11.3 Å². The van der Waals surface area contributed by atoms with Crippen molar-refractivity contribution in [1.82, 2.24) is 24.9 Å². The van der Waals surface area contributed by atoms with Crippen molar-refractivity contribution in [3.63, 3.8) is 0 Å². The number of nitrogens with zero attached hydrogens (tertiary/aromatic N) is 4. The standard InChI is InChI=1S/C15H14F2N6/c16-15(17)7-11(19-8-15)13-21-12-6-10(9-4-2-1-3-5-9)20-14(18)23(12)22-13/h1-6,11,19H,7-8H2,(H2,18,20). The molecule has 2 aromatic heterocycles. The van der Waals surface area contributed by atoms with Crippen LogP contribution in [0.15, 0.2) is 36.4 Å². The molecule has 1 aromatic carbocycles. The van der Waals surface area contributed by atoms with Crippen LogP contribution in [0.4, 0.5) is 14.7 Å². The summed E-state index contributed by atoms with van der Waals surface area (Å²) in [5, 5.41) is 6.96. The highest BCUT2D eigenvalue weighted by Crippen LogP contribution is 2.33. The third kappa shape index (κ3) is 2.50. The molecule has 3 N–H and O–H groups in total. The smallest absolute Gasteiger partial charge is 0.262 e. The normalized spacial score (nSPS) is 20.2. The Bertz CT molecular complexity index is 861. The van der Waals surface area contributed by atoms with Crippen LogP contribution in [0.1, 0.15) is 18.3 Å². The SMILES string of the molecule is Nc1nc(-c2ccccc2)cc2nc(C3CC(F)(F)CN3)nn12. The number of anilines is 1. The van der Waals surface area contributed by atoms with Crippen molar-refractivity contribution < 1.29 is 8.78 Å². The van der Waals surface area contributed by atoms with Gasteiger partial charge in [0.15, 0.2) is 11.5 Å². The number of benzene rings is 1. The zero-order valence-electron chi connectivity index (χ0n) is 12.1. The third-order valence-corrected chi connectivity index (χ3v) is 3.86. The van der Waals surface area contributed by atoms with Gasteiger partial charge in [-0.2, -0.15) is 4.52 Å². The van der Waals surface area contributed by atoms with E-state index in [1.807, 2.05) is 30.3 Å². The van der Waals surface area contributed by atoms with Crippen molar-refractivity contribution in [2.24, 2.45) is 0 Å². The van der Waals surface area contributed by atoms with Crippen LogP contribution in [0, 0.1) is 0 Å². The molecule has 1 fully saturated rings. The van der Waals surface area contributed by atoms with Crippen molar-refractivity contribution in [2.75, 3.05) is 12.3 Å². The van der Waals surface area contributed by atoms with Crippen LogP contribution in [0.25, 0.3) is 16.9 Å². The van der Waals surface area contributed by atoms with E-state index < -0.39 is 12.0 Å². The van der Waals surface area contributed by atoms with Gasteiger partial charge in [0.25, 0.3) is 5.92 Å². The zero-order chi connectivity index (χ0) is 16.0. The lowest BCUT2D eigenvalue weighted by atomic mass is 10.1. The molecule has 0 spiro atoms. The first kappa shape index (κ1) is 14.0. The lowest BCUT2D eigenvalue weighted by molar-refractivity contribution is 0.0208. The van der Waals surface area contributed by atoms with Crippen molar-refractivity contribution in [2.45, 2.75) is 18.4 Å². The summed E-state index contributed by atoms with van der Waals surface area (Å²) < 4.78 is 28.1. The number of hydrogen-bond acceptors (Lipinski definition) is 5. The number of fused-ring (bicyclic) bond motifs is 1. The first-order valence-corrected chi connectivity index (χ1v) is 7.22. The highest BCUT2D eigenvalue weighted by Gasteiger charge is 2.41. The predicted molar refractivity (Wildman–Crippen MR) is 80.9 cm³/mol. The largest absolute Gasteiger partial charge is 0.368 e. The maximum Gasteiger partial charge on any atom is 0.262 e. The number of halogens is 2. The molecule has 1 saturated heterocycles. The Hall–Kier alpha value is -2.61. The van der Waals surface area contributed by atoms with Gasteiger partial charge in [-0.15, -0.1) is 5.10 Å². The Balaban J connectivity index is 1.76. The molecule has 1 aliphatic rings. The quantitative estimate of drug-likeness (QED) is 0.756. The van der Waals surface area contributed by atoms with Crippen LogP contribution < -0.4 is 11.1 Å². The number of rotatable bonds is 2. The van der Waals surface area contributed by atoms with Gasteiger partial charge < -0.3 is 11.1 Å². The van der Waals surface area contributed by atoms with E-state index >= 15 is 0 Å². The van der Waals surface area contributed by atoms with Crippen LogP contribution in [0.5, 0.6) is 0 Å². The minimum absolute atomic E-state index is 0.171. The minimum atomic E-state index is -2.73. The lowest BCUT2D eigenvalue weighted by Crippen LogP contribution is -2.19. The lowest BCUT2D eigenvalue weighted by Gasteiger charge is -2.05. The van der Waals surface area contributed by atoms with Gasteiger partial charge in [-0.1, -0.05) is 30.3 Å².